The number of halogens is 3. The molecule has 1 unspecified atom stereocenters. The average Bonchev–Trinajstić information content (AvgIpc) is 2.37. The van der Waals surface area contributed by atoms with Crippen LogP contribution in [0.15, 0.2) is 29.2 Å². The molecule has 1 aromatic rings. The van der Waals surface area contributed by atoms with Crippen LogP contribution in [0, 0.1) is 0 Å². The Morgan fingerprint density at radius 1 is 1.30 bits per heavy atom. The lowest BCUT2D eigenvalue weighted by Crippen LogP contribution is -2.44. The monoisotopic (exact) mass is 343 g/mol. The van der Waals surface area contributed by atoms with E-state index in [0.29, 0.717) is 0 Å². The molecule has 20 heavy (non-hydrogen) atoms. The van der Waals surface area contributed by atoms with Crippen molar-refractivity contribution in [2.24, 2.45) is 0 Å². The summed E-state index contributed by atoms with van der Waals surface area (Å²) >= 11 is 10.9. The fourth-order valence-electron chi connectivity index (χ4n) is 1.63. The first-order chi connectivity index (χ1) is 9.24. The van der Waals surface area contributed by atoms with Crippen molar-refractivity contribution < 1.29 is 17.9 Å². The first-order valence-corrected chi connectivity index (χ1v) is 8.57. The molecule has 0 aromatic heterocycles. The second kappa shape index (κ2) is 7.56. The van der Waals surface area contributed by atoms with E-state index in [2.05, 4.69) is 5.32 Å². The minimum atomic E-state index is -3.25. The number of benzene rings is 1. The second-order valence-electron chi connectivity index (χ2n) is 4.42. The van der Waals surface area contributed by atoms with Gasteiger partial charge in [0.05, 0.1) is 4.90 Å². The molecule has 0 aliphatic heterocycles. The van der Waals surface area contributed by atoms with Crippen molar-refractivity contribution in [3.63, 3.8) is 0 Å². The van der Waals surface area contributed by atoms with E-state index >= 15 is 0 Å². The Morgan fingerprint density at radius 2 is 1.85 bits per heavy atom. The molecular weight excluding hydrogens is 328 g/mol. The standard InChI is InChI=1S/C12H16Cl2FNO3S/c1-20(18,19)10-4-2-8(3-5-10)6-9(7-15)16-12(17)11(13)14/h2-5,9,11-12,16-17H,6-7H2,1H3/t9-,12?/m0/s1. The Morgan fingerprint density at radius 3 is 2.25 bits per heavy atom. The van der Waals surface area contributed by atoms with E-state index in [-0.39, 0.29) is 11.3 Å². The summed E-state index contributed by atoms with van der Waals surface area (Å²) in [6.07, 6.45) is 0.165. The first-order valence-electron chi connectivity index (χ1n) is 5.81. The largest absolute Gasteiger partial charge is 0.376 e. The Hall–Kier alpha value is -0.400. The van der Waals surface area contributed by atoms with Gasteiger partial charge in [-0.1, -0.05) is 12.1 Å². The minimum absolute atomic E-state index is 0.202. The number of nitrogens with one attached hydrogen (secondary N) is 1. The molecule has 0 spiro atoms. The quantitative estimate of drug-likeness (QED) is 0.584. The zero-order chi connectivity index (χ0) is 15.3. The Balaban J connectivity index is 2.71. The molecule has 0 aliphatic rings. The van der Waals surface area contributed by atoms with Crippen molar-refractivity contribution in [1.29, 1.82) is 0 Å². The molecule has 0 fully saturated rings. The molecule has 0 bridgehead atoms. The van der Waals surface area contributed by atoms with Crippen LogP contribution in [0.2, 0.25) is 0 Å². The summed E-state index contributed by atoms with van der Waals surface area (Å²) in [5.74, 6) is 0. The summed E-state index contributed by atoms with van der Waals surface area (Å²) in [4.78, 5) is -0.857. The molecule has 1 aromatic carbocycles. The van der Waals surface area contributed by atoms with Crippen LogP contribution in [0.25, 0.3) is 0 Å². The van der Waals surface area contributed by atoms with Gasteiger partial charge in [0.2, 0.25) is 0 Å². The number of aliphatic hydroxyl groups is 1. The molecule has 2 atom stereocenters. The predicted molar refractivity (Wildman–Crippen MR) is 77.7 cm³/mol. The third-order valence-electron chi connectivity index (χ3n) is 2.67. The normalized spacial score (nSPS) is 15.3. The van der Waals surface area contributed by atoms with E-state index < -0.39 is 33.6 Å². The van der Waals surface area contributed by atoms with Crippen LogP contribution < -0.4 is 5.32 Å². The summed E-state index contributed by atoms with van der Waals surface area (Å²) in [5, 5.41) is 12.0. The summed E-state index contributed by atoms with van der Waals surface area (Å²) in [6.45, 7) is -0.717. The lowest BCUT2D eigenvalue weighted by atomic mass is 10.1. The van der Waals surface area contributed by atoms with Gasteiger partial charge in [0.15, 0.2) is 9.84 Å². The number of rotatable bonds is 7. The molecule has 0 saturated carbocycles. The van der Waals surface area contributed by atoms with E-state index in [1.54, 1.807) is 12.1 Å². The zero-order valence-corrected chi connectivity index (χ0v) is 13.1. The van der Waals surface area contributed by atoms with Gasteiger partial charge in [0.25, 0.3) is 0 Å². The van der Waals surface area contributed by atoms with E-state index in [0.717, 1.165) is 11.8 Å². The minimum Gasteiger partial charge on any atom is -0.376 e. The van der Waals surface area contributed by atoms with Gasteiger partial charge in [-0.2, -0.15) is 0 Å². The summed E-state index contributed by atoms with van der Waals surface area (Å²) in [7, 11) is -3.25. The molecule has 8 heteroatoms. The van der Waals surface area contributed by atoms with Gasteiger partial charge in [0.1, 0.15) is 17.7 Å². The Labute approximate surface area is 127 Å². The molecule has 0 saturated heterocycles. The second-order valence-corrected chi connectivity index (χ2v) is 7.60. The van der Waals surface area contributed by atoms with Crippen LogP contribution in [-0.4, -0.2) is 43.6 Å². The number of hydrogen-bond acceptors (Lipinski definition) is 4. The maximum atomic E-state index is 12.9. The molecule has 0 aliphatic carbocycles. The van der Waals surface area contributed by atoms with E-state index in [1.807, 2.05) is 0 Å². The summed E-state index contributed by atoms with van der Waals surface area (Å²) in [5.41, 5.74) is 0.737. The molecule has 2 N–H and O–H groups in total. The van der Waals surface area contributed by atoms with Crippen LogP contribution in [0.3, 0.4) is 0 Å². The Kier molecular flexibility index (Phi) is 6.68. The van der Waals surface area contributed by atoms with Crippen molar-refractivity contribution in [2.75, 3.05) is 12.9 Å². The van der Waals surface area contributed by atoms with Crippen LogP contribution >= 0.6 is 23.2 Å². The van der Waals surface area contributed by atoms with Crippen molar-refractivity contribution in [2.45, 2.75) is 28.4 Å². The number of aliphatic hydroxyl groups excluding tert-OH is 1. The maximum Gasteiger partial charge on any atom is 0.175 e. The Bertz CT molecular complexity index is 522. The zero-order valence-electron chi connectivity index (χ0n) is 10.8. The highest BCUT2D eigenvalue weighted by molar-refractivity contribution is 7.90. The van der Waals surface area contributed by atoms with Gasteiger partial charge in [-0.15, -0.1) is 23.2 Å². The molecule has 4 nitrogen and oxygen atoms in total. The SMILES string of the molecule is CS(=O)(=O)c1ccc(C[C@@H](CF)NC(O)C(Cl)Cl)cc1. The van der Waals surface area contributed by atoms with Crippen molar-refractivity contribution in [1.82, 2.24) is 5.32 Å². The highest BCUT2D eigenvalue weighted by atomic mass is 35.5. The van der Waals surface area contributed by atoms with Gasteiger partial charge in [-0.25, -0.2) is 12.8 Å². The lowest BCUT2D eigenvalue weighted by molar-refractivity contribution is 0.127. The molecular formula is C12H16Cl2FNO3S. The van der Waals surface area contributed by atoms with Crippen LogP contribution in [0.4, 0.5) is 4.39 Å². The highest BCUT2D eigenvalue weighted by Crippen LogP contribution is 2.13. The summed E-state index contributed by atoms with van der Waals surface area (Å²) < 4.78 is 35.5. The number of sulfone groups is 1. The van der Waals surface area contributed by atoms with Crippen LogP contribution in [0.1, 0.15) is 5.56 Å². The van der Waals surface area contributed by atoms with Gasteiger partial charge >= 0.3 is 0 Å². The maximum absolute atomic E-state index is 12.9. The molecule has 0 amide bonds. The van der Waals surface area contributed by atoms with E-state index in [4.69, 9.17) is 23.2 Å². The molecule has 114 valence electrons. The average molecular weight is 344 g/mol. The number of alkyl halides is 3. The molecule has 0 heterocycles. The lowest BCUT2D eigenvalue weighted by Gasteiger charge is -2.20. The smallest absolute Gasteiger partial charge is 0.175 e. The van der Waals surface area contributed by atoms with Gasteiger partial charge in [-0.05, 0) is 24.1 Å². The number of hydrogen-bond donors (Lipinski definition) is 2. The highest BCUT2D eigenvalue weighted by Gasteiger charge is 2.19. The third kappa shape index (κ3) is 5.54. The van der Waals surface area contributed by atoms with E-state index in [1.165, 1.54) is 12.1 Å². The van der Waals surface area contributed by atoms with Gasteiger partial charge < -0.3 is 5.11 Å². The topological polar surface area (TPSA) is 66.4 Å². The van der Waals surface area contributed by atoms with Crippen molar-refractivity contribution >= 4 is 33.0 Å². The fourth-order valence-corrected chi connectivity index (χ4v) is 2.41. The van der Waals surface area contributed by atoms with Gasteiger partial charge in [-0.3, -0.25) is 5.32 Å². The molecule has 0 radical (unpaired) electrons. The van der Waals surface area contributed by atoms with Crippen molar-refractivity contribution in [3.8, 4) is 0 Å². The fraction of sp³-hybridized carbons (Fsp3) is 0.500. The first kappa shape index (κ1) is 17.7. The molecule has 1 rings (SSSR count). The van der Waals surface area contributed by atoms with E-state index in [9.17, 15) is 17.9 Å². The summed E-state index contributed by atoms with van der Waals surface area (Å²) in [6, 6.07) is 5.47. The van der Waals surface area contributed by atoms with Crippen LogP contribution in [0.5, 0.6) is 0 Å². The predicted octanol–water partition coefficient (Wildman–Crippen LogP) is 1.68. The van der Waals surface area contributed by atoms with Gasteiger partial charge in [0, 0.05) is 12.3 Å². The third-order valence-corrected chi connectivity index (χ3v) is 4.27. The van der Waals surface area contributed by atoms with Crippen LogP contribution in [-0.2, 0) is 16.3 Å². The van der Waals surface area contributed by atoms with Crippen molar-refractivity contribution in [3.05, 3.63) is 29.8 Å².